The maximum absolute atomic E-state index is 12.4. The number of hydrogen-bond donors (Lipinski definition) is 1. The number of halogens is 1. The van der Waals surface area contributed by atoms with Crippen LogP contribution < -0.4 is 5.32 Å². The number of benzene rings is 1. The van der Waals surface area contributed by atoms with E-state index in [0.29, 0.717) is 21.5 Å². The first-order chi connectivity index (χ1) is 13.0. The van der Waals surface area contributed by atoms with Crippen LogP contribution in [-0.4, -0.2) is 19.0 Å². The summed E-state index contributed by atoms with van der Waals surface area (Å²) < 4.78 is 4.96. The Morgan fingerprint density at radius 3 is 2.85 bits per heavy atom. The number of thiophene rings is 1. The molecule has 0 spiro atoms. The van der Waals surface area contributed by atoms with Crippen molar-refractivity contribution in [2.24, 2.45) is 5.92 Å². The highest BCUT2D eigenvalue weighted by atomic mass is 35.5. The molecule has 1 heterocycles. The van der Waals surface area contributed by atoms with E-state index in [1.807, 2.05) is 18.2 Å². The Morgan fingerprint density at radius 1 is 1.37 bits per heavy atom. The molecule has 0 radical (unpaired) electrons. The average Bonchev–Trinajstić information content (AvgIpc) is 3.03. The van der Waals surface area contributed by atoms with Crippen LogP contribution in [0.1, 0.15) is 46.1 Å². The van der Waals surface area contributed by atoms with Gasteiger partial charge in [-0.1, -0.05) is 43.1 Å². The number of ether oxygens (including phenoxy) is 1. The van der Waals surface area contributed by atoms with Gasteiger partial charge in [0.05, 0.1) is 12.7 Å². The second-order valence-electron chi connectivity index (χ2n) is 6.56. The molecular weight excluding hydrogens is 382 g/mol. The van der Waals surface area contributed by atoms with E-state index in [1.165, 1.54) is 29.4 Å². The summed E-state index contributed by atoms with van der Waals surface area (Å²) in [5, 5.41) is 4.00. The van der Waals surface area contributed by atoms with Gasteiger partial charge in [0.25, 0.3) is 0 Å². The fourth-order valence-corrected chi connectivity index (χ4v) is 4.89. The monoisotopic (exact) mass is 403 g/mol. The van der Waals surface area contributed by atoms with E-state index >= 15 is 0 Å². The number of carbonyl (C=O) groups excluding carboxylic acids is 2. The molecule has 2 aromatic rings. The molecule has 6 heteroatoms. The second-order valence-corrected chi connectivity index (χ2v) is 8.07. The smallest absolute Gasteiger partial charge is 0.341 e. The summed E-state index contributed by atoms with van der Waals surface area (Å²) in [7, 11) is 1.37. The molecule has 1 aromatic heterocycles. The lowest BCUT2D eigenvalue weighted by Gasteiger charge is -2.20. The molecule has 0 bridgehead atoms. The first-order valence-corrected chi connectivity index (χ1v) is 10.2. The zero-order chi connectivity index (χ0) is 19.4. The summed E-state index contributed by atoms with van der Waals surface area (Å²) in [6, 6.07) is 7.30. The van der Waals surface area contributed by atoms with Gasteiger partial charge in [0.15, 0.2) is 0 Å². The van der Waals surface area contributed by atoms with Crippen molar-refractivity contribution in [3.63, 3.8) is 0 Å². The highest BCUT2D eigenvalue weighted by Crippen LogP contribution is 2.40. The number of amides is 1. The molecule has 1 atom stereocenters. The van der Waals surface area contributed by atoms with Gasteiger partial charge in [-0.05, 0) is 48.4 Å². The molecule has 0 saturated heterocycles. The molecule has 3 rings (SSSR count). The molecule has 27 heavy (non-hydrogen) atoms. The molecule has 1 aliphatic carbocycles. The maximum atomic E-state index is 12.4. The molecule has 0 aliphatic heterocycles. The van der Waals surface area contributed by atoms with Crippen molar-refractivity contribution in [2.45, 2.75) is 32.6 Å². The Labute approximate surface area is 168 Å². The number of fused-ring (bicyclic) bond motifs is 1. The summed E-state index contributed by atoms with van der Waals surface area (Å²) in [6.45, 7) is 2.19. The highest BCUT2D eigenvalue weighted by Gasteiger charge is 2.29. The third-order valence-electron chi connectivity index (χ3n) is 4.89. The quantitative estimate of drug-likeness (QED) is 0.540. The summed E-state index contributed by atoms with van der Waals surface area (Å²) in [5.41, 5.74) is 2.30. The van der Waals surface area contributed by atoms with Crippen LogP contribution in [0.25, 0.3) is 6.08 Å². The third-order valence-corrected chi connectivity index (χ3v) is 6.40. The molecule has 1 amide bonds. The van der Waals surface area contributed by atoms with Crippen LogP contribution in [0.2, 0.25) is 5.02 Å². The minimum absolute atomic E-state index is 0.300. The number of hydrogen-bond acceptors (Lipinski definition) is 4. The van der Waals surface area contributed by atoms with Gasteiger partial charge in [0.1, 0.15) is 5.00 Å². The SMILES string of the molecule is CCC1CCc2c(sc(NC(=O)/C=C/c3ccccc3Cl)c2C(=O)OC)C1. The van der Waals surface area contributed by atoms with Crippen LogP contribution in [-0.2, 0) is 22.4 Å². The highest BCUT2D eigenvalue weighted by molar-refractivity contribution is 7.17. The fraction of sp³-hybridized carbons (Fsp3) is 0.333. The van der Waals surface area contributed by atoms with Crippen LogP contribution >= 0.6 is 22.9 Å². The molecule has 0 saturated carbocycles. The Bertz CT molecular complexity index is 888. The number of anilines is 1. The van der Waals surface area contributed by atoms with E-state index in [1.54, 1.807) is 12.1 Å². The van der Waals surface area contributed by atoms with Crippen molar-refractivity contribution in [3.8, 4) is 0 Å². The summed E-state index contributed by atoms with van der Waals surface area (Å²) in [4.78, 5) is 25.9. The molecular formula is C21H22ClNO3S. The van der Waals surface area contributed by atoms with Gasteiger partial charge in [0, 0.05) is 16.0 Å². The minimum Gasteiger partial charge on any atom is -0.465 e. The largest absolute Gasteiger partial charge is 0.465 e. The number of rotatable bonds is 5. The molecule has 4 nitrogen and oxygen atoms in total. The van der Waals surface area contributed by atoms with Crippen molar-refractivity contribution in [1.82, 2.24) is 0 Å². The van der Waals surface area contributed by atoms with Crippen LogP contribution in [0.5, 0.6) is 0 Å². The molecule has 142 valence electrons. The first kappa shape index (κ1) is 19.6. The summed E-state index contributed by atoms with van der Waals surface area (Å²) in [6.07, 6.45) is 7.06. The predicted octanol–water partition coefficient (Wildman–Crippen LogP) is 5.35. The van der Waals surface area contributed by atoms with Crippen molar-refractivity contribution in [1.29, 1.82) is 0 Å². The molecule has 1 unspecified atom stereocenters. The minimum atomic E-state index is -0.396. The Balaban J connectivity index is 1.83. The standard InChI is InChI=1S/C21H22ClNO3S/c1-3-13-8-10-15-17(12-13)27-20(19(15)21(25)26-2)23-18(24)11-9-14-6-4-5-7-16(14)22/h4-7,9,11,13H,3,8,10,12H2,1-2H3,(H,23,24)/b11-9+. The van der Waals surface area contributed by atoms with Crippen LogP contribution in [0.4, 0.5) is 5.00 Å². The Hall–Kier alpha value is -2.11. The van der Waals surface area contributed by atoms with Gasteiger partial charge in [-0.3, -0.25) is 4.79 Å². The van der Waals surface area contributed by atoms with E-state index in [4.69, 9.17) is 16.3 Å². The lowest BCUT2D eigenvalue weighted by molar-refractivity contribution is -0.111. The molecule has 1 N–H and O–H groups in total. The van der Waals surface area contributed by atoms with Gasteiger partial charge in [0.2, 0.25) is 5.91 Å². The van der Waals surface area contributed by atoms with Gasteiger partial charge in [-0.2, -0.15) is 0 Å². The zero-order valence-corrected chi connectivity index (χ0v) is 17.0. The zero-order valence-electron chi connectivity index (χ0n) is 15.4. The average molecular weight is 404 g/mol. The number of methoxy groups -OCH3 is 1. The fourth-order valence-electron chi connectivity index (χ4n) is 3.34. The normalized spacial score (nSPS) is 16.2. The molecule has 1 aliphatic rings. The van der Waals surface area contributed by atoms with E-state index in [9.17, 15) is 9.59 Å². The third kappa shape index (κ3) is 4.42. The molecule has 0 fully saturated rings. The number of carbonyl (C=O) groups is 2. The predicted molar refractivity (Wildman–Crippen MR) is 111 cm³/mol. The summed E-state index contributed by atoms with van der Waals surface area (Å²) in [5.74, 6) is -0.0659. The first-order valence-electron chi connectivity index (χ1n) is 8.99. The van der Waals surface area contributed by atoms with Crippen LogP contribution in [0, 0.1) is 5.92 Å². The lowest BCUT2D eigenvalue weighted by Crippen LogP contribution is -2.15. The van der Waals surface area contributed by atoms with Crippen LogP contribution in [0.3, 0.4) is 0 Å². The topological polar surface area (TPSA) is 55.4 Å². The van der Waals surface area contributed by atoms with Gasteiger partial charge in [-0.25, -0.2) is 4.79 Å². The van der Waals surface area contributed by atoms with E-state index < -0.39 is 5.97 Å². The Morgan fingerprint density at radius 2 is 2.15 bits per heavy atom. The van der Waals surface area contributed by atoms with Crippen molar-refractivity contribution in [2.75, 3.05) is 12.4 Å². The van der Waals surface area contributed by atoms with Gasteiger partial charge >= 0.3 is 5.97 Å². The van der Waals surface area contributed by atoms with Crippen molar-refractivity contribution >= 4 is 45.9 Å². The second kappa shape index (κ2) is 8.72. The van der Waals surface area contributed by atoms with Crippen molar-refractivity contribution < 1.29 is 14.3 Å². The summed E-state index contributed by atoms with van der Waals surface area (Å²) >= 11 is 7.59. The molecule has 1 aromatic carbocycles. The van der Waals surface area contributed by atoms with E-state index in [-0.39, 0.29) is 5.91 Å². The number of esters is 1. The van der Waals surface area contributed by atoms with Crippen molar-refractivity contribution in [3.05, 3.63) is 56.9 Å². The number of nitrogens with one attached hydrogen (secondary N) is 1. The Kier molecular flexibility index (Phi) is 6.34. The van der Waals surface area contributed by atoms with Crippen LogP contribution in [0.15, 0.2) is 30.3 Å². The van der Waals surface area contributed by atoms with E-state index in [2.05, 4.69) is 12.2 Å². The van der Waals surface area contributed by atoms with Gasteiger partial charge < -0.3 is 10.1 Å². The van der Waals surface area contributed by atoms with E-state index in [0.717, 1.165) is 36.8 Å². The van der Waals surface area contributed by atoms with Gasteiger partial charge in [-0.15, -0.1) is 11.3 Å². The lowest BCUT2D eigenvalue weighted by atomic mass is 9.86. The maximum Gasteiger partial charge on any atom is 0.341 e.